The Morgan fingerprint density at radius 3 is 2.85 bits per heavy atom. The van der Waals surface area contributed by atoms with Gasteiger partial charge in [-0.15, -0.1) is 0 Å². The van der Waals surface area contributed by atoms with Crippen molar-refractivity contribution in [2.24, 2.45) is 0 Å². The molecule has 0 atom stereocenters. The van der Waals surface area contributed by atoms with Gasteiger partial charge in [0.1, 0.15) is 10.8 Å². The number of nitrogens with one attached hydrogen (secondary N) is 1. The Balaban J connectivity index is 1.94. The van der Waals surface area contributed by atoms with Crippen LogP contribution in [0.25, 0.3) is 11.0 Å². The van der Waals surface area contributed by atoms with E-state index in [4.69, 9.17) is 4.74 Å². The fourth-order valence-electron chi connectivity index (χ4n) is 1.71. The fraction of sp³-hybridized carbons (Fsp3) is 0.0769. The lowest BCUT2D eigenvalue weighted by molar-refractivity contribution is 0.415. The van der Waals surface area contributed by atoms with Gasteiger partial charge in [0.05, 0.1) is 22.6 Å². The Kier molecular flexibility index (Phi) is 4.00. The van der Waals surface area contributed by atoms with E-state index in [1.807, 2.05) is 24.3 Å². The van der Waals surface area contributed by atoms with E-state index < -0.39 is 0 Å². The third-order valence-corrected chi connectivity index (χ3v) is 4.84. The summed E-state index contributed by atoms with van der Waals surface area (Å²) < 4.78 is 7.06. The highest BCUT2D eigenvalue weighted by atomic mass is 79.9. The van der Waals surface area contributed by atoms with Crippen molar-refractivity contribution in [3.63, 3.8) is 0 Å². The van der Waals surface area contributed by atoms with Gasteiger partial charge in [-0.05, 0) is 61.8 Å². The van der Waals surface area contributed by atoms with Gasteiger partial charge in [0.15, 0.2) is 5.16 Å². The summed E-state index contributed by atoms with van der Waals surface area (Å²) in [7, 11) is 1.65. The molecule has 0 saturated heterocycles. The van der Waals surface area contributed by atoms with Crippen LogP contribution in [0.15, 0.2) is 49.6 Å². The minimum atomic E-state index is 0.795. The first kappa shape index (κ1) is 13.9. The summed E-state index contributed by atoms with van der Waals surface area (Å²) in [6.45, 7) is 0. The van der Waals surface area contributed by atoms with Crippen molar-refractivity contribution in [1.82, 2.24) is 15.0 Å². The van der Waals surface area contributed by atoms with Crippen LogP contribution in [0.5, 0.6) is 5.75 Å². The molecule has 4 nitrogen and oxygen atoms in total. The van der Waals surface area contributed by atoms with Crippen LogP contribution in [0.3, 0.4) is 0 Å². The fourth-order valence-corrected chi connectivity index (χ4v) is 3.69. The number of H-pyrrole nitrogens is 1. The van der Waals surface area contributed by atoms with E-state index in [-0.39, 0.29) is 0 Å². The predicted molar refractivity (Wildman–Crippen MR) is 86.4 cm³/mol. The average Bonchev–Trinajstić information content (AvgIpc) is 2.83. The standard InChI is InChI=1S/C13H9Br2N3OS/c1-19-8-2-3-10-11(5-8)18-13(17-10)20-12-9(15)4-7(14)6-16-12/h2-6H,1H3,(H,17,18). The van der Waals surface area contributed by atoms with E-state index in [9.17, 15) is 0 Å². The molecule has 0 bridgehead atoms. The molecule has 0 saturated carbocycles. The molecule has 3 aromatic rings. The summed E-state index contributed by atoms with van der Waals surface area (Å²) in [5.74, 6) is 0.806. The zero-order chi connectivity index (χ0) is 14.1. The molecule has 2 heterocycles. The van der Waals surface area contributed by atoms with Crippen LogP contribution < -0.4 is 4.74 Å². The van der Waals surface area contributed by atoms with Crippen molar-refractivity contribution < 1.29 is 4.74 Å². The van der Waals surface area contributed by atoms with Crippen LogP contribution >= 0.6 is 43.6 Å². The second kappa shape index (κ2) is 5.75. The molecule has 2 aromatic heterocycles. The number of nitrogens with zero attached hydrogens (tertiary/aromatic N) is 2. The number of aromatic nitrogens is 3. The van der Waals surface area contributed by atoms with E-state index in [0.717, 1.165) is 35.9 Å². The van der Waals surface area contributed by atoms with Crippen LogP contribution in [0.2, 0.25) is 0 Å². The lowest BCUT2D eigenvalue weighted by Crippen LogP contribution is -1.83. The molecule has 0 fully saturated rings. The number of imidazole rings is 1. The van der Waals surface area contributed by atoms with E-state index in [1.165, 1.54) is 11.8 Å². The minimum Gasteiger partial charge on any atom is -0.497 e. The van der Waals surface area contributed by atoms with Gasteiger partial charge in [-0.25, -0.2) is 9.97 Å². The molecular weight excluding hydrogens is 406 g/mol. The monoisotopic (exact) mass is 413 g/mol. The van der Waals surface area contributed by atoms with Gasteiger partial charge in [0.25, 0.3) is 0 Å². The second-order valence-electron chi connectivity index (χ2n) is 3.97. The molecule has 1 aromatic carbocycles. The van der Waals surface area contributed by atoms with Gasteiger partial charge in [0, 0.05) is 16.7 Å². The number of aromatic amines is 1. The van der Waals surface area contributed by atoms with Crippen LogP contribution in [0.1, 0.15) is 0 Å². The highest BCUT2D eigenvalue weighted by Crippen LogP contribution is 2.33. The van der Waals surface area contributed by atoms with Crippen molar-refractivity contribution in [2.75, 3.05) is 7.11 Å². The Morgan fingerprint density at radius 1 is 1.25 bits per heavy atom. The second-order valence-corrected chi connectivity index (χ2v) is 6.72. The number of hydrogen-bond acceptors (Lipinski definition) is 4. The third-order valence-electron chi connectivity index (χ3n) is 2.63. The number of methoxy groups -OCH3 is 1. The molecule has 1 N–H and O–H groups in total. The summed E-state index contributed by atoms with van der Waals surface area (Å²) in [5.41, 5.74) is 1.85. The molecule has 7 heteroatoms. The number of ether oxygens (including phenoxy) is 1. The van der Waals surface area contributed by atoms with Crippen LogP contribution in [0.4, 0.5) is 0 Å². The van der Waals surface area contributed by atoms with Crippen molar-refractivity contribution in [2.45, 2.75) is 10.2 Å². The first-order valence-corrected chi connectivity index (χ1v) is 8.08. The topological polar surface area (TPSA) is 50.8 Å². The molecule has 0 aliphatic carbocycles. The summed E-state index contributed by atoms with van der Waals surface area (Å²) >= 11 is 8.36. The van der Waals surface area contributed by atoms with E-state index in [1.54, 1.807) is 13.3 Å². The SMILES string of the molecule is COc1ccc2nc(Sc3ncc(Br)cc3Br)[nH]c2c1. The predicted octanol–water partition coefficient (Wildman–Crippen LogP) is 4.64. The first-order valence-electron chi connectivity index (χ1n) is 5.68. The number of pyridine rings is 1. The van der Waals surface area contributed by atoms with Gasteiger partial charge < -0.3 is 9.72 Å². The normalized spacial score (nSPS) is 10.9. The van der Waals surface area contributed by atoms with Crippen molar-refractivity contribution in [3.05, 3.63) is 39.4 Å². The molecule has 3 rings (SSSR count). The van der Waals surface area contributed by atoms with E-state index in [0.29, 0.717) is 0 Å². The molecule has 0 spiro atoms. The van der Waals surface area contributed by atoms with Gasteiger partial charge in [-0.2, -0.15) is 0 Å². The van der Waals surface area contributed by atoms with Gasteiger partial charge >= 0.3 is 0 Å². The zero-order valence-electron chi connectivity index (χ0n) is 10.4. The minimum absolute atomic E-state index is 0.795. The molecule has 0 radical (unpaired) electrons. The highest BCUT2D eigenvalue weighted by molar-refractivity contribution is 9.11. The van der Waals surface area contributed by atoms with Crippen molar-refractivity contribution in [1.29, 1.82) is 0 Å². The van der Waals surface area contributed by atoms with Gasteiger partial charge in [-0.1, -0.05) is 0 Å². The quantitative estimate of drug-likeness (QED) is 0.677. The maximum absolute atomic E-state index is 5.20. The Bertz CT molecular complexity index is 775. The van der Waals surface area contributed by atoms with E-state index >= 15 is 0 Å². The van der Waals surface area contributed by atoms with Crippen molar-refractivity contribution >= 4 is 54.7 Å². The number of halogens is 2. The van der Waals surface area contributed by atoms with Gasteiger partial charge in [-0.3, -0.25) is 0 Å². The molecule has 20 heavy (non-hydrogen) atoms. The van der Waals surface area contributed by atoms with Crippen LogP contribution in [-0.2, 0) is 0 Å². The largest absolute Gasteiger partial charge is 0.497 e. The lowest BCUT2D eigenvalue weighted by Gasteiger charge is -2.00. The summed E-state index contributed by atoms with van der Waals surface area (Å²) in [5, 5.41) is 1.66. The zero-order valence-corrected chi connectivity index (χ0v) is 14.3. The number of fused-ring (bicyclic) bond motifs is 1. The maximum atomic E-state index is 5.20. The molecule has 0 amide bonds. The number of hydrogen-bond donors (Lipinski definition) is 1. The van der Waals surface area contributed by atoms with Crippen LogP contribution in [0, 0.1) is 0 Å². The first-order chi connectivity index (χ1) is 9.65. The highest BCUT2D eigenvalue weighted by Gasteiger charge is 2.09. The Morgan fingerprint density at radius 2 is 2.10 bits per heavy atom. The molecule has 0 unspecified atom stereocenters. The molecule has 0 aliphatic heterocycles. The summed E-state index contributed by atoms with van der Waals surface area (Å²) in [6, 6.07) is 7.71. The molecule has 0 aliphatic rings. The Labute approximate surface area is 136 Å². The van der Waals surface area contributed by atoms with E-state index in [2.05, 4.69) is 46.8 Å². The number of rotatable bonds is 3. The summed E-state index contributed by atoms with van der Waals surface area (Å²) in [6.07, 6.45) is 1.76. The van der Waals surface area contributed by atoms with Crippen molar-refractivity contribution in [3.8, 4) is 5.75 Å². The lowest BCUT2D eigenvalue weighted by atomic mass is 10.3. The maximum Gasteiger partial charge on any atom is 0.172 e. The third kappa shape index (κ3) is 2.84. The summed E-state index contributed by atoms with van der Waals surface area (Å²) in [4.78, 5) is 12.1. The van der Waals surface area contributed by atoms with Gasteiger partial charge in [0.2, 0.25) is 0 Å². The molecule has 102 valence electrons. The smallest absolute Gasteiger partial charge is 0.172 e. The Hall–Kier alpha value is -1.05. The molecular formula is C13H9Br2N3OS. The number of benzene rings is 1. The van der Waals surface area contributed by atoms with Crippen LogP contribution in [-0.4, -0.2) is 22.1 Å². The average molecular weight is 415 g/mol.